The van der Waals surface area contributed by atoms with Crippen molar-refractivity contribution in [1.29, 1.82) is 0 Å². The SMILES string of the molecule is COc1ccc(OC2CCN(c3ccc(OC4CCCCO4)cc3)CC2)cc1. The van der Waals surface area contributed by atoms with Crippen molar-refractivity contribution in [2.75, 3.05) is 31.7 Å². The predicted molar refractivity (Wildman–Crippen MR) is 110 cm³/mol. The molecular weight excluding hydrogens is 354 g/mol. The van der Waals surface area contributed by atoms with Crippen LogP contribution in [0, 0.1) is 0 Å². The molecular formula is C23H29NO4. The van der Waals surface area contributed by atoms with Crippen LogP contribution in [0.2, 0.25) is 0 Å². The third kappa shape index (κ3) is 4.90. The topological polar surface area (TPSA) is 40.2 Å². The molecule has 2 aliphatic heterocycles. The average molecular weight is 383 g/mol. The van der Waals surface area contributed by atoms with Gasteiger partial charge in [0.05, 0.1) is 13.7 Å². The van der Waals surface area contributed by atoms with E-state index in [-0.39, 0.29) is 12.4 Å². The lowest BCUT2D eigenvalue weighted by atomic mass is 10.1. The smallest absolute Gasteiger partial charge is 0.199 e. The van der Waals surface area contributed by atoms with Crippen LogP contribution in [0.15, 0.2) is 48.5 Å². The van der Waals surface area contributed by atoms with E-state index in [0.717, 1.165) is 62.6 Å². The number of benzene rings is 2. The summed E-state index contributed by atoms with van der Waals surface area (Å²) in [6, 6.07) is 16.2. The van der Waals surface area contributed by atoms with Gasteiger partial charge in [-0.15, -0.1) is 0 Å². The summed E-state index contributed by atoms with van der Waals surface area (Å²) in [7, 11) is 1.67. The number of methoxy groups -OCH3 is 1. The number of piperidine rings is 1. The van der Waals surface area contributed by atoms with Gasteiger partial charge >= 0.3 is 0 Å². The fourth-order valence-corrected chi connectivity index (χ4v) is 3.77. The van der Waals surface area contributed by atoms with Gasteiger partial charge in [-0.1, -0.05) is 0 Å². The first kappa shape index (κ1) is 18.9. The van der Waals surface area contributed by atoms with Crippen molar-refractivity contribution in [1.82, 2.24) is 0 Å². The van der Waals surface area contributed by atoms with Gasteiger partial charge in [0, 0.05) is 38.0 Å². The standard InChI is InChI=1S/C23H29NO4/c1-25-19-9-11-20(12-10-19)27-22-13-15-24(16-14-22)18-5-7-21(8-6-18)28-23-4-2-3-17-26-23/h5-12,22-23H,2-4,13-17H2,1H3. The maximum atomic E-state index is 6.13. The Kier molecular flexibility index (Phi) is 6.22. The molecule has 2 saturated heterocycles. The molecule has 0 N–H and O–H groups in total. The van der Waals surface area contributed by atoms with E-state index < -0.39 is 0 Å². The first-order chi connectivity index (χ1) is 13.8. The number of hydrogen-bond acceptors (Lipinski definition) is 5. The van der Waals surface area contributed by atoms with Crippen LogP contribution >= 0.6 is 0 Å². The molecule has 28 heavy (non-hydrogen) atoms. The van der Waals surface area contributed by atoms with Crippen LogP contribution in [-0.4, -0.2) is 39.2 Å². The Labute approximate surface area is 167 Å². The molecule has 0 radical (unpaired) electrons. The average Bonchev–Trinajstić information content (AvgIpc) is 2.76. The van der Waals surface area contributed by atoms with Crippen LogP contribution in [0.25, 0.3) is 0 Å². The number of rotatable bonds is 6. The summed E-state index contributed by atoms with van der Waals surface area (Å²) in [4.78, 5) is 2.41. The fraction of sp³-hybridized carbons (Fsp3) is 0.478. The molecule has 2 aromatic carbocycles. The summed E-state index contributed by atoms with van der Waals surface area (Å²) >= 11 is 0. The van der Waals surface area contributed by atoms with Crippen LogP contribution in [0.5, 0.6) is 17.2 Å². The fourth-order valence-electron chi connectivity index (χ4n) is 3.77. The van der Waals surface area contributed by atoms with E-state index in [9.17, 15) is 0 Å². The van der Waals surface area contributed by atoms with Crippen molar-refractivity contribution in [3.05, 3.63) is 48.5 Å². The zero-order valence-electron chi connectivity index (χ0n) is 16.5. The lowest BCUT2D eigenvalue weighted by Crippen LogP contribution is -2.38. The molecule has 0 saturated carbocycles. The van der Waals surface area contributed by atoms with E-state index >= 15 is 0 Å². The minimum atomic E-state index is -0.0922. The maximum Gasteiger partial charge on any atom is 0.199 e. The van der Waals surface area contributed by atoms with Gasteiger partial charge < -0.3 is 23.8 Å². The lowest BCUT2D eigenvalue weighted by Gasteiger charge is -2.34. The van der Waals surface area contributed by atoms with Gasteiger partial charge in [-0.05, 0) is 61.4 Å². The largest absolute Gasteiger partial charge is 0.497 e. The van der Waals surface area contributed by atoms with Crippen LogP contribution < -0.4 is 19.1 Å². The van der Waals surface area contributed by atoms with Gasteiger partial charge in [0.1, 0.15) is 23.4 Å². The zero-order chi connectivity index (χ0) is 19.2. The highest BCUT2D eigenvalue weighted by Crippen LogP contribution is 2.27. The zero-order valence-corrected chi connectivity index (χ0v) is 16.5. The number of nitrogens with zero attached hydrogens (tertiary/aromatic N) is 1. The molecule has 1 atom stereocenters. The second-order valence-corrected chi connectivity index (χ2v) is 7.39. The summed E-state index contributed by atoms with van der Waals surface area (Å²) < 4.78 is 22.9. The van der Waals surface area contributed by atoms with Gasteiger partial charge in [0.25, 0.3) is 0 Å². The molecule has 5 heteroatoms. The summed E-state index contributed by atoms with van der Waals surface area (Å²) in [6.07, 6.45) is 5.48. The Morgan fingerprint density at radius 1 is 0.786 bits per heavy atom. The molecule has 0 spiro atoms. The molecule has 150 valence electrons. The molecule has 2 aromatic rings. The van der Waals surface area contributed by atoms with Gasteiger partial charge in [-0.2, -0.15) is 0 Å². The normalized spacial score (nSPS) is 20.6. The molecule has 0 bridgehead atoms. The number of ether oxygens (including phenoxy) is 4. The maximum absolute atomic E-state index is 6.13. The van der Waals surface area contributed by atoms with Crippen LogP contribution in [-0.2, 0) is 4.74 Å². The van der Waals surface area contributed by atoms with E-state index in [1.165, 1.54) is 12.1 Å². The van der Waals surface area contributed by atoms with E-state index in [0.29, 0.717) is 0 Å². The molecule has 0 aromatic heterocycles. The molecule has 2 fully saturated rings. The van der Waals surface area contributed by atoms with Crippen LogP contribution in [0.3, 0.4) is 0 Å². The molecule has 4 rings (SSSR count). The molecule has 0 amide bonds. The van der Waals surface area contributed by atoms with Crippen molar-refractivity contribution in [2.24, 2.45) is 0 Å². The monoisotopic (exact) mass is 383 g/mol. The second-order valence-electron chi connectivity index (χ2n) is 7.39. The van der Waals surface area contributed by atoms with E-state index in [4.69, 9.17) is 18.9 Å². The molecule has 2 heterocycles. The Morgan fingerprint density at radius 3 is 2.07 bits per heavy atom. The van der Waals surface area contributed by atoms with Gasteiger partial charge in [0.15, 0.2) is 6.29 Å². The Bertz CT molecular complexity index is 717. The molecule has 5 nitrogen and oxygen atoms in total. The summed E-state index contributed by atoms with van der Waals surface area (Å²) in [6.45, 7) is 2.79. The van der Waals surface area contributed by atoms with E-state index in [1.54, 1.807) is 7.11 Å². The third-order valence-electron chi connectivity index (χ3n) is 5.41. The van der Waals surface area contributed by atoms with Crippen molar-refractivity contribution in [3.8, 4) is 17.2 Å². The highest BCUT2D eigenvalue weighted by molar-refractivity contribution is 5.49. The number of anilines is 1. The molecule has 1 unspecified atom stereocenters. The molecule has 0 aliphatic carbocycles. The Morgan fingerprint density at radius 2 is 1.43 bits per heavy atom. The Balaban J connectivity index is 1.26. The summed E-state index contributed by atoms with van der Waals surface area (Å²) in [5.74, 6) is 2.64. The van der Waals surface area contributed by atoms with Gasteiger partial charge in [-0.25, -0.2) is 0 Å². The van der Waals surface area contributed by atoms with Crippen LogP contribution in [0.4, 0.5) is 5.69 Å². The van der Waals surface area contributed by atoms with E-state index in [2.05, 4.69) is 17.0 Å². The number of hydrogen-bond donors (Lipinski definition) is 0. The first-order valence-electron chi connectivity index (χ1n) is 10.2. The quantitative estimate of drug-likeness (QED) is 0.726. The minimum Gasteiger partial charge on any atom is -0.497 e. The van der Waals surface area contributed by atoms with Crippen molar-refractivity contribution in [3.63, 3.8) is 0 Å². The second kappa shape index (κ2) is 9.20. The van der Waals surface area contributed by atoms with Crippen molar-refractivity contribution in [2.45, 2.75) is 44.5 Å². The Hall–Kier alpha value is -2.40. The predicted octanol–water partition coefficient (Wildman–Crippen LogP) is 4.65. The summed E-state index contributed by atoms with van der Waals surface area (Å²) in [5.41, 5.74) is 1.24. The third-order valence-corrected chi connectivity index (χ3v) is 5.41. The minimum absolute atomic E-state index is 0.0922. The first-order valence-corrected chi connectivity index (χ1v) is 10.2. The highest BCUT2D eigenvalue weighted by atomic mass is 16.7. The summed E-state index contributed by atoms with van der Waals surface area (Å²) in [5, 5.41) is 0. The highest BCUT2D eigenvalue weighted by Gasteiger charge is 2.21. The van der Waals surface area contributed by atoms with Gasteiger partial charge in [0.2, 0.25) is 0 Å². The van der Waals surface area contributed by atoms with Crippen molar-refractivity contribution >= 4 is 5.69 Å². The van der Waals surface area contributed by atoms with Gasteiger partial charge in [-0.3, -0.25) is 0 Å². The van der Waals surface area contributed by atoms with E-state index in [1.807, 2.05) is 36.4 Å². The van der Waals surface area contributed by atoms with Crippen LogP contribution in [0.1, 0.15) is 32.1 Å². The lowest BCUT2D eigenvalue weighted by molar-refractivity contribution is -0.105. The molecule has 2 aliphatic rings. The van der Waals surface area contributed by atoms with Crippen molar-refractivity contribution < 1.29 is 18.9 Å².